The molecule has 0 unspecified atom stereocenters. The van der Waals surface area contributed by atoms with Crippen LogP contribution in [0.4, 0.5) is 10.5 Å². The fourth-order valence-corrected chi connectivity index (χ4v) is 4.51. The van der Waals surface area contributed by atoms with Gasteiger partial charge in [-0.25, -0.2) is 4.79 Å². The van der Waals surface area contributed by atoms with Crippen LogP contribution < -0.4 is 20.2 Å². The summed E-state index contributed by atoms with van der Waals surface area (Å²) in [6.45, 7) is 15.0. The van der Waals surface area contributed by atoms with Gasteiger partial charge in [-0.15, -0.1) is 0 Å². The minimum atomic E-state index is -0.584. The number of allylic oxidation sites excluding steroid dienone is 1. The number of nitrogens with one attached hydrogen (secondary N) is 3. The zero-order chi connectivity index (χ0) is 27.4. The monoisotopic (exact) mass is 511 g/mol. The molecule has 0 aliphatic carbocycles. The first-order chi connectivity index (χ1) is 17.5. The summed E-state index contributed by atoms with van der Waals surface area (Å²) >= 11 is 0. The number of benzene rings is 1. The predicted octanol–water partition coefficient (Wildman–Crippen LogP) is 5.11. The normalized spacial score (nSPS) is 14.7. The van der Waals surface area contributed by atoms with Crippen LogP contribution in [-0.4, -0.2) is 61.9 Å². The summed E-state index contributed by atoms with van der Waals surface area (Å²) in [5.41, 5.74) is 1.65. The van der Waals surface area contributed by atoms with Crippen molar-refractivity contribution in [3.8, 4) is 5.75 Å². The van der Waals surface area contributed by atoms with Gasteiger partial charge in [0.05, 0.1) is 0 Å². The Morgan fingerprint density at radius 2 is 1.76 bits per heavy atom. The van der Waals surface area contributed by atoms with Crippen molar-refractivity contribution in [3.05, 3.63) is 35.9 Å². The second-order valence-corrected chi connectivity index (χ2v) is 11.3. The summed E-state index contributed by atoms with van der Waals surface area (Å²) in [4.78, 5) is 30.5. The van der Waals surface area contributed by atoms with Gasteiger partial charge in [0.25, 0.3) is 0 Å². The molecule has 37 heavy (non-hydrogen) atoms. The molecule has 2 rings (SSSR count). The van der Waals surface area contributed by atoms with Crippen LogP contribution in [0.3, 0.4) is 0 Å². The molecule has 1 fully saturated rings. The molecule has 204 valence electrons. The van der Waals surface area contributed by atoms with E-state index in [1.807, 2.05) is 43.0 Å². The molecule has 1 heterocycles. The van der Waals surface area contributed by atoms with Gasteiger partial charge in [-0.05, 0) is 18.8 Å². The first-order valence-electron chi connectivity index (χ1n) is 13.5. The van der Waals surface area contributed by atoms with Crippen molar-refractivity contribution >= 4 is 24.9 Å². The van der Waals surface area contributed by atoms with E-state index in [0.717, 1.165) is 51.7 Å². The SMILES string of the molecule is CC(C)=CCN(CC(C)(C)NC(=O)[C@H](CC(C)C)NC(=O)N1CCCCCC1)c1ccc(OB=N)cc1. The molecule has 0 spiro atoms. The minimum absolute atomic E-state index is 0.141. The molecule has 1 aromatic carbocycles. The second kappa shape index (κ2) is 14.8. The van der Waals surface area contributed by atoms with E-state index in [1.165, 1.54) is 5.57 Å². The summed E-state index contributed by atoms with van der Waals surface area (Å²) in [7, 11) is 0.911. The van der Waals surface area contributed by atoms with Gasteiger partial charge in [-0.1, -0.05) is 26.7 Å². The van der Waals surface area contributed by atoms with E-state index in [2.05, 4.69) is 49.3 Å². The number of likely N-dealkylation sites (tertiary alicyclic amines) is 1. The quantitative estimate of drug-likeness (QED) is 0.268. The maximum absolute atomic E-state index is 13.5. The van der Waals surface area contributed by atoms with Gasteiger partial charge in [0.2, 0.25) is 0 Å². The van der Waals surface area contributed by atoms with Crippen molar-refractivity contribution < 1.29 is 14.2 Å². The average Bonchev–Trinajstić information content (AvgIpc) is 3.11. The van der Waals surface area contributed by atoms with E-state index in [9.17, 15) is 9.59 Å². The van der Waals surface area contributed by atoms with Crippen LogP contribution in [0.25, 0.3) is 0 Å². The van der Waals surface area contributed by atoms with Gasteiger partial charge in [0.15, 0.2) is 0 Å². The maximum atomic E-state index is 13.5. The Labute approximate surface area is 224 Å². The molecule has 0 radical (unpaired) electrons. The van der Waals surface area contributed by atoms with E-state index in [4.69, 9.17) is 9.97 Å². The van der Waals surface area contributed by atoms with Gasteiger partial charge in [0.1, 0.15) is 0 Å². The summed E-state index contributed by atoms with van der Waals surface area (Å²) in [5.74, 6) is 0.711. The Morgan fingerprint density at radius 3 is 2.30 bits per heavy atom. The molecule has 1 aromatic rings. The summed E-state index contributed by atoms with van der Waals surface area (Å²) in [5, 5.41) is 13.4. The molecule has 1 atom stereocenters. The number of carbonyl (C=O) groups excluding carboxylic acids is 2. The molecule has 0 bridgehead atoms. The summed E-state index contributed by atoms with van der Waals surface area (Å²) < 4.78 is 5.15. The van der Waals surface area contributed by atoms with Crippen molar-refractivity contribution in [3.63, 3.8) is 0 Å². The van der Waals surface area contributed by atoms with Crippen molar-refractivity contribution in [2.24, 2.45) is 5.92 Å². The van der Waals surface area contributed by atoms with E-state index >= 15 is 0 Å². The standard InChI is InChI=1S/C28H46BN5O3/c1-21(2)15-18-34(23-11-13-24(14-12-23)37-29-30)20-28(5,6)32-26(35)25(19-22(3)4)31-27(36)33-16-9-7-8-10-17-33/h11-15,22,25,30H,7-10,16-20H2,1-6H3,(H,31,36)(H,32,35)/t25-/m0/s1. The van der Waals surface area contributed by atoms with Gasteiger partial charge in [-0.2, -0.15) is 0 Å². The molecule has 1 aliphatic heterocycles. The molecule has 8 nitrogen and oxygen atoms in total. The van der Waals surface area contributed by atoms with Crippen LogP contribution >= 0.6 is 0 Å². The first kappa shape index (κ1) is 30.4. The second-order valence-electron chi connectivity index (χ2n) is 11.3. The zero-order valence-electron chi connectivity index (χ0n) is 23.6. The third-order valence-electron chi connectivity index (χ3n) is 6.38. The Kier molecular flexibility index (Phi) is 12.1. The summed E-state index contributed by atoms with van der Waals surface area (Å²) in [6.07, 6.45) is 7.06. The van der Waals surface area contributed by atoms with Crippen LogP contribution in [-0.2, 0) is 4.79 Å². The third kappa shape index (κ3) is 11.0. The fourth-order valence-electron chi connectivity index (χ4n) is 4.51. The number of carbonyl (C=O) groups is 2. The summed E-state index contributed by atoms with van der Waals surface area (Å²) in [6, 6.07) is 6.85. The molecule has 3 amide bonds. The van der Waals surface area contributed by atoms with Gasteiger partial charge in [-0.3, -0.25) is 0 Å². The topological polar surface area (TPSA) is 97.8 Å². The van der Waals surface area contributed by atoms with Crippen LogP contribution in [0.2, 0.25) is 0 Å². The predicted molar refractivity (Wildman–Crippen MR) is 151 cm³/mol. The molecule has 1 saturated heterocycles. The van der Waals surface area contributed by atoms with E-state index in [1.54, 1.807) is 0 Å². The number of nitrogens with zero attached hydrogens (tertiary/aromatic N) is 2. The Morgan fingerprint density at radius 1 is 1.14 bits per heavy atom. The Balaban J connectivity index is 2.14. The number of rotatable bonds is 12. The number of hydrogen-bond donors (Lipinski definition) is 3. The van der Waals surface area contributed by atoms with Crippen LogP contribution in [0.5, 0.6) is 5.75 Å². The van der Waals surface area contributed by atoms with Crippen molar-refractivity contribution in [1.29, 1.82) is 5.31 Å². The number of hydrogen-bond acceptors (Lipinski definition) is 5. The molecule has 1 aliphatic rings. The average molecular weight is 512 g/mol. The third-order valence-corrected chi connectivity index (χ3v) is 6.38. The Bertz CT molecular complexity index is 905. The number of urea groups is 1. The molecule has 0 aromatic heterocycles. The molecule has 0 saturated carbocycles. The van der Waals surface area contributed by atoms with Gasteiger partial charge >= 0.3 is 156 Å². The number of anilines is 1. The van der Waals surface area contributed by atoms with Gasteiger partial charge < -0.3 is 4.90 Å². The van der Waals surface area contributed by atoms with Crippen LogP contribution in [0.1, 0.15) is 73.6 Å². The Hall–Kier alpha value is -2.84. The van der Waals surface area contributed by atoms with E-state index in [0.29, 0.717) is 25.3 Å². The first-order valence-corrected chi connectivity index (χ1v) is 13.5. The molecular formula is C28H46BN5O3. The van der Waals surface area contributed by atoms with Crippen molar-refractivity contribution in [2.45, 2.75) is 85.2 Å². The van der Waals surface area contributed by atoms with E-state index < -0.39 is 11.6 Å². The number of amides is 3. The van der Waals surface area contributed by atoms with Crippen LogP contribution in [0.15, 0.2) is 35.9 Å². The molecule has 3 N–H and O–H groups in total. The van der Waals surface area contributed by atoms with E-state index in [-0.39, 0.29) is 17.9 Å². The van der Waals surface area contributed by atoms with Gasteiger partial charge in [0, 0.05) is 13.1 Å². The van der Waals surface area contributed by atoms with Crippen LogP contribution in [0, 0.1) is 11.2 Å². The van der Waals surface area contributed by atoms with Crippen molar-refractivity contribution in [2.75, 3.05) is 31.1 Å². The molecule has 9 heteroatoms. The molecular weight excluding hydrogens is 465 g/mol. The van der Waals surface area contributed by atoms with Crippen molar-refractivity contribution in [1.82, 2.24) is 15.5 Å². The fraction of sp³-hybridized carbons (Fsp3) is 0.643. The zero-order valence-corrected chi connectivity index (χ0v) is 23.6.